The van der Waals surface area contributed by atoms with E-state index in [0.29, 0.717) is 0 Å². The molecule has 0 saturated carbocycles. The van der Waals surface area contributed by atoms with Gasteiger partial charge in [-0.05, 0) is 46.6 Å². The van der Waals surface area contributed by atoms with E-state index in [1.165, 1.54) is 0 Å². The van der Waals surface area contributed by atoms with Crippen LogP contribution in [0.15, 0.2) is 30.3 Å². The average Bonchev–Trinajstić information content (AvgIpc) is 2.46. The van der Waals surface area contributed by atoms with Gasteiger partial charge < -0.3 is 10.1 Å². The predicted octanol–water partition coefficient (Wildman–Crippen LogP) is 2.35. The second-order valence-electron chi connectivity index (χ2n) is 6.76. The summed E-state index contributed by atoms with van der Waals surface area (Å²) in [5.41, 5.74) is 0.824. The standard InChI is InChI=1S/C18H29NO4S/c1-6-23-17(20)14(2)19-16(12-15-10-8-7-9-11-15)13-24(21,22)18(3,4)5/h7-11,14,16,19H,6,12-13H2,1-5H3/t14-,16-/m0/s1/i16D. The van der Waals surface area contributed by atoms with Crippen LogP contribution >= 0.6 is 0 Å². The summed E-state index contributed by atoms with van der Waals surface area (Å²) in [4.78, 5) is 11.9. The number of benzene rings is 1. The lowest BCUT2D eigenvalue weighted by Crippen LogP contribution is -2.48. The van der Waals surface area contributed by atoms with Crippen molar-refractivity contribution >= 4 is 15.8 Å². The van der Waals surface area contributed by atoms with Crippen LogP contribution in [0.4, 0.5) is 0 Å². The van der Waals surface area contributed by atoms with Gasteiger partial charge in [-0.3, -0.25) is 4.79 Å². The van der Waals surface area contributed by atoms with E-state index in [-0.39, 0.29) is 13.0 Å². The molecular formula is C18H29NO4S. The minimum absolute atomic E-state index is 0.160. The molecule has 1 N–H and O–H groups in total. The molecule has 0 heterocycles. The molecule has 0 aromatic heterocycles. The largest absolute Gasteiger partial charge is 0.465 e. The number of ether oxygens (including phenoxy) is 1. The zero-order valence-corrected chi connectivity index (χ0v) is 15.9. The third-order valence-corrected chi connectivity index (χ3v) is 6.21. The highest BCUT2D eigenvalue weighted by Crippen LogP contribution is 2.18. The molecule has 2 atom stereocenters. The van der Waals surface area contributed by atoms with Gasteiger partial charge in [0.1, 0.15) is 6.04 Å². The van der Waals surface area contributed by atoms with Crippen molar-refractivity contribution < 1.29 is 19.3 Å². The number of rotatable bonds is 8. The summed E-state index contributed by atoms with van der Waals surface area (Å²) in [7, 11) is -3.56. The Balaban J connectivity index is 3.11. The van der Waals surface area contributed by atoms with Gasteiger partial charge in [-0.25, -0.2) is 8.42 Å². The number of carbonyl (C=O) groups excluding carboxylic acids is 1. The minimum atomic E-state index is -3.56. The van der Waals surface area contributed by atoms with Crippen LogP contribution in [0.3, 0.4) is 0 Å². The molecule has 136 valence electrons. The van der Waals surface area contributed by atoms with Crippen molar-refractivity contribution in [3.8, 4) is 0 Å². The van der Waals surface area contributed by atoms with Crippen molar-refractivity contribution in [2.45, 2.75) is 57.8 Å². The fourth-order valence-electron chi connectivity index (χ4n) is 2.06. The number of carbonyl (C=O) groups is 1. The van der Waals surface area contributed by atoms with Crippen LogP contribution < -0.4 is 5.32 Å². The van der Waals surface area contributed by atoms with Crippen molar-refractivity contribution in [1.29, 1.82) is 0 Å². The highest BCUT2D eigenvalue weighted by Gasteiger charge is 2.32. The van der Waals surface area contributed by atoms with Crippen LogP contribution in [0.2, 0.25) is 0 Å². The van der Waals surface area contributed by atoms with Crippen molar-refractivity contribution in [3.63, 3.8) is 0 Å². The first-order valence-electron chi connectivity index (χ1n) is 8.61. The summed E-state index contributed by atoms with van der Waals surface area (Å²) in [5.74, 6) is -0.900. The van der Waals surface area contributed by atoms with Crippen molar-refractivity contribution in [2.75, 3.05) is 12.4 Å². The Labute approximate surface area is 147 Å². The van der Waals surface area contributed by atoms with E-state index in [0.717, 1.165) is 5.56 Å². The first-order chi connectivity index (χ1) is 11.4. The molecule has 24 heavy (non-hydrogen) atoms. The highest BCUT2D eigenvalue weighted by molar-refractivity contribution is 7.92. The number of nitrogens with one attached hydrogen (secondary N) is 1. The molecule has 1 aromatic carbocycles. The average molecular weight is 357 g/mol. The third kappa shape index (κ3) is 6.24. The molecule has 0 aliphatic carbocycles. The third-order valence-electron chi connectivity index (χ3n) is 3.62. The van der Waals surface area contributed by atoms with E-state index in [1.807, 2.05) is 30.3 Å². The topological polar surface area (TPSA) is 72.5 Å². The van der Waals surface area contributed by atoms with E-state index < -0.39 is 38.4 Å². The summed E-state index contributed by atoms with van der Waals surface area (Å²) >= 11 is 0. The number of sulfone groups is 1. The number of esters is 1. The fourth-order valence-corrected chi connectivity index (χ4v) is 3.14. The molecule has 0 amide bonds. The Morgan fingerprint density at radius 2 is 1.88 bits per heavy atom. The van der Waals surface area contributed by atoms with Gasteiger partial charge in [0.15, 0.2) is 9.84 Å². The number of hydrogen-bond donors (Lipinski definition) is 1. The Hall–Kier alpha value is -1.40. The predicted molar refractivity (Wildman–Crippen MR) is 96.7 cm³/mol. The number of hydrogen-bond acceptors (Lipinski definition) is 5. The lowest BCUT2D eigenvalue weighted by molar-refractivity contribution is -0.145. The van der Waals surface area contributed by atoms with Crippen LogP contribution in [0.1, 0.15) is 41.6 Å². The maximum Gasteiger partial charge on any atom is 0.322 e. The SMILES string of the molecule is [2H][C@](Cc1ccccc1)(CS(=O)(=O)C(C)(C)C)N[C@@H](C)C(=O)OCC. The molecule has 0 aliphatic rings. The highest BCUT2D eigenvalue weighted by atomic mass is 32.2. The van der Waals surface area contributed by atoms with E-state index in [9.17, 15) is 13.2 Å². The fraction of sp³-hybridized carbons (Fsp3) is 0.611. The van der Waals surface area contributed by atoms with E-state index >= 15 is 0 Å². The monoisotopic (exact) mass is 356 g/mol. The lowest BCUT2D eigenvalue weighted by Gasteiger charge is -2.26. The molecule has 0 unspecified atom stereocenters. The van der Waals surface area contributed by atoms with Gasteiger partial charge in [0.05, 0.1) is 17.1 Å². The van der Waals surface area contributed by atoms with Crippen molar-refractivity contribution in [1.82, 2.24) is 5.32 Å². The molecule has 1 aromatic rings. The van der Waals surface area contributed by atoms with Gasteiger partial charge in [-0.2, -0.15) is 0 Å². The van der Waals surface area contributed by atoms with Crippen molar-refractivity contribution in [3.05, 3.63) is 35.9 Å². The quantitative estimate of drug-likeness (QED) is 0.724. The summed E-state index contributed by atoms with van der Waals surface area (Å²) in [5, 5.41) is 2.87. The molecular weight excluding hydrogens is 326 g/mol. The molecule has 0 saturated heterocycles. The van der Waals surface area contributed by atoms with Gasteiger partial charge in [-0.15, -0.1) is 0 Å². The molecule has 0 aliphatic heterocycles. The molecule has 0 spiro atoms. The van der Waals surface area contributed by atoms with Crippen LogP contribution in [-0.4, -0.2) is 43.6 Å². The molecule has 5 nitrogen and oxygen atoms in total. The molecule has 1 rings (SSSR count). The van der Waals surface area contributed by atoms with Crippen LogP contribution in [-0.2, 0) is 25.8 Å². The maximum absolute atomic E-state index is 12.7. The van der Waals surface area contributed by atoms with Crippen LogP contribution in [0, 0.1) is 0 Å². The summed E-state index contributed by atoms with van der Waals surface area (Å²) in [6, 6.07) is 6.88. The van der Waals surface area contributed by atoms with Gasteiger partial charge in [0.2, 0.25) is 0 Å². The second kappa shape index (κ2) is 8.62. The van der Waals surface area contributed by atoms with Crippen LogP contribution in [0.5, 0.6) is 0 Å². The molecule has 0 bridgehead atoms. The van der Waals surface area contributed by atoms with Gasteiger partial charge in [0.25, 0.3) is 0 Å². The molecule has 0 fully saturated rings. The van der Waals surface area contributed by atoms with Gasteiger partial charge in [-0.1, -0.05) is 30.3 Å². The van der Waals surface area contributed by atoms with Crippen LogP contribution in [0.25, 0.3) is 0 Å². The Kier molecular flexibility index (Phi) is 6.80. The van der Waals surface area contributed by atoms with Crippen molar-refractivity contribution in [2.24, 2.45) is 0 Å². The second-order valence-corrected chi connectivity index (χ2v) is 9.50. The Morgan fingerprint density at radius 3 is 2.38 bits per heavy atom. The smallest absolute Gasteiger partial charge is 0.322 e. The Morgan fingerprint density at radius 1 is 1.29 bits per heavy atom. The lowest BCUT2D eigenvalue weighted by atomic mass is 10.1. The first kappa shape index (κ1) is 18.9. The van der Waals surface area contributed by atoms with E-state index in [4.69, 9.17) is 6.11 Å². The molecule has 0 radical (unpaired) electrons. The van der Waals surface area contributed by atoms with Gasteiger partial charge in [0, 0.05) is 7.39 Å². The first-order valence-corrected chi connectivity index (χ1v) is 9.76. The van der Waals surface area contributed by atoms with E-state index in [2.05, 4.69) is 5.32 Å². The van der Waals surface area contributed by atoms with Gasteiger partial charge >= 0.3 is 5.97 Å². The molecule has 6 heteroatoms. The Bertz CT molecular complexity index is 670. The zero-order chi connectivity index (χ0) is 19.3. The summed E-state index contributed by atoms with van der Waals surface area (Å²) in [6.45, 7) is 8.34. The van der Waals surface area contributed by atoms with E-state index in [1.54, 1.807) is 34.6 Å². The summed E-state index contributed by atoms with van der Waals surface area (Å²) < 4.78 is 38.1. The maximum atomic E-state index is 12.7. The zero-order valence-electron chi connectivity index (χ0n) is 16.1. The normalized spacial score (nSPS) is 16.8. The minimum Gasteiger partial charge on any atom is -0.465 e. The summed E-state index contributed by atoms with van der Waals surface area (Å²) in [6.07, 6.45) is 0.160.